The van der Waals surface area contributed by atoms with Crippen molar-refractivity contribution in [3.63, 3.8) is 0 Å². The first-order valence-electron chi connectivity index (χ1n) is 8.04. The zero-order valence-corrected chi connectivity index (χ0v) is 15.2. The number of carbonyl (C=O) groups is 1. The number of aryl methyl sites for hydroxylation is 2. The number of rotatable bonds is 3. The van der Waals surface area contributed by atoms with Gasteiger partial charge in [0.25, 0.3) is 11.1 Å². The lowest BCUT2D eigenvalue weighted by Gasteiger charge is -2.17. The van der Waals surface area contributed by atoms with Crippen LogP contribution in [0.3, 0.4) is 0 Å². The first-order chi connectivity index (χ1) is 12.6. The Morgan fingerprint density at radius 2 is 1.67 bits per heavy atom. The number of carboxylic acid groups (broad SMARTS) is 1. The van der Waals surface area contributed by atoms with Gasteiger partial charge in [0.1, 0.15) is 11.0 Å². The van der Waals surface area contributed by atoms with Crippen LogP contribution in [0.2, 0.25) is 0 Å². The summed E-state index contributed by atoms with van der Waals surface area (Å²) in [6.45, 7) is 1.57. The number of pyridine rings is 1. The van der Waals surface area contributed by atoms with E-state index >= 15 is 0 Å². The van der Waals surface area contributed by atoms with Crippen LogP contribution < -0.4 is 22.1 Å². The minimum atomic E-state index is -1.09. The third kappa shape index (κ3) is 2.73. The number of hydrogen-bond donors (Lipinski definition) is 2. The number of nitrogens with one attached hydrogen (secondary N) is 1. The van der Waals surface area contributed by atoms with Crippen molar-refractivity contribution in [1.29, 1.82) is 0 Å². The fourth-order valence-corrected chi connectivity index (χ4v) is 3.12. The summed E-state index contributed by atoms with van der Waals surface area (Å²) in [6.07, 6.45) is 0. The summed E-state index contributed by atoms with van der Waals surface area (Å²) in [5, 5.41) is 12.3. The number of aromatic carboxylic acids is 1. The number of aromatic nitrogens is 3. The van der Waals surface area contributed by atoms with E-state index in [4.69, 9.17) is 5.11 Å². The van der Waals surface area contributed by atoms with Crippen LogP contribution in [0.1, 0.15) is 15.9 Å². The fourth-order valence-electron chi connectivity index (χ4n) is 3.12. The van der Waals surface area contributed by atoms with Gasteiger partial charge in [0.2, 0.25) is 0 Å². The molecule has 0 amide bonds. The van der Waals surface area contributed by atoms with Crippen molar-refractivity contribution in [3.8, 4) is 0 Å². The maximum atomic E-state index is 12.8. The van der Waals surface area contributed by atoms with Crippen LogP contribution >= 0.6 is 0 Å². The fraction of sp³-hybridized carbons (Fsp3) is 0.222. The highest BCUT2D eigenvalue weighted by molar-refractivity contribution is 5.94. The predicted molar refractivity (Wildman–Crippen MR) is 101 cm³/mol. The predicted octanol–water partition coefficient (Wildman–Crippen LogP) is 0.686. The van der Waals surface area contributed by atoms with Gasteiger partial charge in [-0.2, -0.15) is 0 Å². The molecule has 140 valence electrons. The van der Waals surface area contributed by atoms with Gasteiger partial charge >= 0.3 is 11.7 Å². The number of hydrogen-bond acceptors (Lipinski definition) is 5. The molecule has 2 aromatic heterocycles. The van der Waals surface area contributed by atoms with Gasteiger partial charge in [-0.1, -0.05) is 6.07 Å². The van der Waals surface area contributed by atoms with Gasteiger partial charge in [-0.25, -0.2) is 9.59 Å². The van der Waals surface area contributed by atoms with Crippen LogP contribution in [-0.2, 0) is 21.1 Å². The quantitative estimate of drug-likeness (QED) is 0.701. The molecule has 0 saturated heterocycles. The van der Waals surface area contributed by atoms with Crippen molar-refractivity contribution >= 4 is 28.4 Å². The second-order valence-electron chi connectivity index (χ2n) is 6.28. The number of anilines is 2. The van der Waals surface area contributed by atoms with Gasteiger partial charge in [-0.15, -0.1) is 0 Å². The molecule has 0 radical (unpaired) electrons. The van der Waals surface area contributed by atoms with Crippen LogP contribution in [0.5, 0.6) is 0 Å². The molecule has 0 atom stereocenters. The van der Waals surface area contributed by atoms with Crippen LogP contribution in [0.25, 0.3) is 11.0 Å². The molecule has 1 aromatic carbocycles. The number of benzene rings is 1. The Labute approximate surface area is 152 Å². The molecule has 0 saturated carbocycles. The molecule has 0 fully saturated rings. The normalized spacial score (nSPS) is 11.0. The Balaban J connectivity index is 2.42. The van der Waals surface area contributed by atoms with E-state index in [-0.39, 0.29) is 33.4 Å². The third-order valence-corrected chi connectivity index (χ3v) is 4.58. The minimum absolute atomic E-state index is 0.0612. The standard InChI is InChI=1S/C18H18N4O5/c1-9-13(19-11-7-5-6-10(8-11)17(25)26)12-14(20(2)15(9)23)21(3)18(27)22(4)16(12)24/h5-8,19H,1-4H3,(H,25,26). The topological polar surface area (TPSA) is 115 Å². The smallest absolute Gasteiger partial charge is 0.335 e. The average Bonchev–Trinajstić information content (AvgIpc) is 2.65. The molecule has 2 N–H and O–H groups in total. The summed E-state index contributed by atoms with van der Waals surface area (Å²) in [5.74, 6) is -1.09. The second kappa shape index (κ2) is 6.27. The molecule has 0 aliphatic carbocycles. The monoisotopic (exact) mass is 370 g/mol. The van der Waals surface area contributed by atoms with Gasteiger partial charge < -0.3 is 10.4 Å². The molecule has 3 aromatic rings. The molecule has 0 unspecified atom stereocenters. The zero-order valence-electron chi connectivity index (χ0n) is 15.2. The second-order valence-corrected chi connectivity index (χ2v) is 6.28. The van der Waals surface area contributed by atoms with Gasteiger partial charge in [0.15, 0.2) is 0 Å². The van der Waals surface area contributed by atoms with E-state index in [1.54, 1.807) is 19.1 Å². The lowest BCUT2D eigenvalue weighted by Crippen LogP contribution is -2.40. The van der Waals surface area contributed by atoms with Crippen LogP contribution in [0, 0.1) is 6.92 Å². The summed E-state index contributed by atoms with van der Waals surface area (Å²) in [5.41, 5.74) is -0.310. The summed E-state index contributed by atoms with van der Waals surface area (Å²) in [7, 11) is 4.33. The van der Waals surface area contributed by atoms with E-state index in [0.717, 1.165) is 4.57 Å². The molecule has 0 aliphatic rings. The van der Waals surface area contributed by atoms with E-state index in [1.165, 1.54) is 42.4 Å². The van der Waals surface area contributed by atoms with Crippen molar-refractivity contribution in [2.75, 3.05) is 5.32 Å². The van der Waals surface area contributed by atoms with Crippen molar-refractivity contribution in [2.24, 2.45) is 21.1 Å². The highest BCUT2D eigenvalue weighted by Crippen LogP contribution is 2.25. The highest BCUT2D eigenvalue weighted by atomic mass is 16.4. The number of fused-ring (bicyclic) bond motifs is 1. The molecule has 9 nitrogen and oxygen atoms in total. The van der Waals surface area contributed by atoms with Crippen LogP contribution in [0.15, 0.2) is 38.6 Å². The van der Waals surface area contributed by atoms with Crippen molar-refractivity contribution in [2.45, 2.75) is 6.92 Å². The van der Waals surface area contributed by atoms with E-state index < -0.39 is 17.2 Å². The molecular formula is C18H18N4O5. The SMILES string of the molecule is Cc1c(Nc2cccc(C(=O)O)c2)c2c(=O)n(C)c(=O)n(C)c2n(C)c1=O. The summed E-state index contributed by atoms with van der Waals surface area (Å²) in [6, 6.07) is 6.02. The number of carboxylic acids is 1. The molecule has 9 heteroatoms. The average molecular weight is 370 g/mol. The van der Waals surface area contributed by atoms with Gasteiger partial charge in [0.05, 0.1) is 11.3 Å². The summed E-state index contributed by atoms with van der Waals surface area (Å²) >= 11 is 0. The number of nitrogens with zero attached hydrogens (tertiary/aromatic N) is 3. The first-order valence-corrected chi connectivity index (χ1v) is 8.04. The first kappa shape index (κ1) is 18.2. The molecule has 0 aliphatic heterocycles. The molecule has 0 bridgehead atoms. The third-order valence-electron chi connectivity index (χ3n) is 4.58. The van der Waals surface area contributed by atoms with Crippen molar-refractivity contribution < 1.29 is 9.90 Å². The van der Waals surface area contributed by atoms with E-state index in [0.29, 0.717) is 5.69 Å². The lowest BCUT2D eigenvalue weighted by molar-refractivity contribution is 0.0697. The Hall–Kier alpha value is -3.62. The highest BCUT2D eigenvalue weighted by Gasteiger charge is 2.20. The molecule has 2 heterocycles. The molecule has 0 spiro atoms. The molecular weight excluding hydrogens is 352 g/mol. The Bertz CT molecular complexity index is 1270. The van der Waals surface area contributed by atoms with E-state index in [1.807, 2.05) is 0 Å². The van der Waals surface area contributed by atoms with Crippen molar-refractivity contribution in [3.05, 3.63) is 66.6 Å². The maximum absolute atomic E-state index is 12.8. The molecule has 3 rings (SSSR count). The maximum Gasteiger partial charge on any atom is 0.335 e. The van der Waals surface area contributed by atoms with E-state index in [2.05, 4.69) is 5.32 Å². The van der Waals surface area contributed by atoms with Crippen LogP contribution in [0.4, 0.5) is 11.4 Å². The van der Waals surface area contributed by atoms with Crippen molar-refractivity contribution in [1.82, 2.24) is 13.7 Å². The minimum Gasteiger partial charge on any atom is -0.478 e. The Morgan fingerprint density at radius 1 is 1.00 bits per heavy atom. The zero-order chi connectivity index (χ0) is 20.0. The van der Waals surface area contributed by atoms with Gasteiger partial charge in [-0.3, -0.25) is 23.3 Å². The van der Waals surface area contributed by atoms with E-state index in [9.17, 15) is 19.2 Å². The summed E-state index contributed by atoms with van der Waals surface area (Å²) in [4.78, 5) is 48.9. The summed E-state index contributed by atoms with van der Waals surface area (Å²) < 4.78 is 3.45. The van der Waals surface area contributed by atoms with Gasteiger partial charge in [0, 0.05) is 32.4 Å². The Kier molecular flexibility index (Phi) is 4.22. The Morgan fingerprint density at radius 3 is 2.30 bits per heavy atom. The molecule has 27 heavy (non-hydrogen) atoms. The largest absolute Gasteiger partial charge is 0.478 e. The van der Waals surface area contributed by atoms with Crippen LogP contribution in [-0.4, -0.2) is 24.8 Å². The lowest BCUT2D eigenvalue weighted by atomic mass is 10.1. The van der Waals surface area contributed by atoms with Gasteiger partial charge in [-0.05, 0) is 25.1 Å².